The van der Waals surface area contributed by atoms with Crippen molar-refractivity contribution in [3.63, 3.8) is 0 Å². The number of benzene rings is 1. The Balaban J connectivity index is 2.39. The maximum atomic E-state index is 9.82. The molecule has 5 heteroatoms. The van der Waals surface area contributed by atoms with Gasteiger partial charge in [-0.3, -0.25) is 0 Å². The number of aliphatic hydroxyl groups excluding tert-OH is 1. The van der Waals surface area contributed by atoms with E-state index in [0.29, 0.717) is 12.4 Å². The highest BCUT2D eigenvalue weighted by Crippen LogP contribution is 2.17. The number of fused-ring (bicyclic) bond motifs is 1. The van der Waals surface area contributed by atoms with E-state index in [0.717, 1.165) is 11.0 Å². The fourth-order valence-corrected chi connectivity index (χ4v) is 1.99. The molecule has 1 unspecified atom stereocenters. The number of hydrogen-bond acceptors (Lipinski definition) is 4. The Morgan fingerprint density at radius 1 is 1.50 bits per heavy atom. The Bertz CT molecular complexity index is 571. The second kappa shape index (κ2) is 5.63. The van der Waals surface area contributed by atoms with Crippen LogP contribution in [0.5, 0.6) is 0 Å². The molecule has 1 aromatic heterocycles. The molecule has 94 valence electrons. The molecule has 1 aromatic carbocycles. The first-order valence-electron chi connectivity index (χ1n) is 5.74. The van der Waals surface area contributed by atoms with E-state index in [-0.39, 0.29) is 13.0 Å². The number of aliphatic hydroxyl groups is 1. The van der Waals surface area contributed by atoms with E-state index in [1.165, 1.54) is 0 Å². The molecule has 1 heterocycles. The molecule has 0 spiro atoms. The zero-order chi connectivity index (χ0) is 13.0. The molecule has 5 nitrogen and oxygen atoms in total. The number of para-hydroxylation sites is 2. The highest BCUT2D eigenvalue weighted by Gasteiger charge is 2.13. The van der Waals surface area contributed by atoms with E-state index in [9.17, 15) is 5.11 Å². The fourth-order valence-electron chi connectivity index (χ4n) is 1.99. The van der Waals surface area contributed by atoms with Crippen LogP contribution in [0.1, 0.15) is 5.82 Å². The van der Waals surface area contributed by atoms with Crippen LogP contribution in [0.2, 0.25) is 0 Å². The second-order valence-electron chi connectivity index (χ2n) is 4.07. The molecule has 0 amide bonds. The summed E-state index contributed by atoms with van der Waals surface area (Å²) in [5, 5.41) is 18.6. The van der Waals surface area contributed by atoms with Crippen LogP contribution in [-0.4, -0.2) is 34.5 Å². The van der Waals surface area contributed by atoms with Crippen LogP contribution in [0.25, 0.3) is 11.0 Å². The first kappa shape index (κ1) is 12.6. The summed E-state index contributed by atoms with van der Waals surface area (Å²) in [4.78, 5) is 4.40. The predicted octanol–water partition coefficient (Wildman–Crippen LogP) is 1.11. The summed E-state index contributed by atoms with van der Waals surface area (Å²) in [7, 11) is 1.55. The zero-order valence-corrected chi connectivity index (χ0v) is 10.2. The van der Waals surface area contributed by atoms with Gasteiger partial charge in [0.05, 0.1) is 42.8 Å². The molecule has 0 aliphatic rings. The van der Waals surface area contributed by atoms with Crippen molar-refractivity contribution in [1.82, 2.24) is 9.55 Å². The summed E-state index contributed by atoms with van der Waals surface area (Å²) in [6, 6.07) is 9.75. The monoisotopic (exact) mass is 245 g/mol. The van der Waals surface area contributed by atoms with E-state index >= 15 is 0 Å². The molecular weight excluding hydrogens is 230 g/mol. The fraction of sp³-hybridized carbons (Fsp3) is 0.385. The van der Waals surface area contributed by atoms with Crippen molar-refractivity contribution in [1.29, 1.82) is 5.26 Å². The van der Waals surface area contributed by atoms with Crippen molar-refractivity contribution < 1.29 is 9.84 Å². The Labute approximate surface area is 105 Å². The number of nitriles is 1. The van der Waals surface area contributed by atoms with Crippen molar-refractivity contribution in [3.05, 3.63) is 30.1 Å². The average molecular weight is 245 g/mol. The molecule has 0 aliphatic carbocycles. The summed E-state index contributed by atoms with van der Waals surface area (Å²) in [6.45, 7) is 0.643. The van der Waals surface area contributed by atoms with E-state index in [4.69, 9.17) is 10.00 Å². The van der Waals surface area contributed by atoms with E-state index in [2.05, 4.69) is 11.1 Å². The molecule has 0 bridgehead atoms. The Morgan fingerprint density at radius 3 is 3.00 bits per heavy atom. The standard InChI is InChI=1S/C13H15N3O2/c1-18-9-10(17)8-16-12-5-3-2-4-11(12)15-13(16)6-7-14/h2-5,10,17H,6,8-9H2,1H3. The summed E-state index contributed by atoms with van der Waals surface area (Å²) in [5.74, 6) is 0.675. The zero-order valence-electron chi connectivity index (χ0n) is 10.2. The van der Waals surface area contributed by atoms with E-state index in [1.54, 1.807) is 7.11 Å². The molecule has 2 rings (SSSR count). The molecule has 18 heavy (non-hydrogen) atoms. The molecule has 1 atom stereocenters. The Hall–Kier alpha value is -1.90. The maximum absolute atomic E-state index is 9.82. The summed E-state index contributed by atoms with van der Waals surface area (Å²) < 4.78 is 6.79. The minimum Gasteiger partial charge on any atom is -0.389 e. The Kier molecular flexibility index (Phi) is 3.92. The van der Waals surface area contributed by atoms with Crippen molar-refractivity contribution in [2.45, 2.75) is 19.1 Å². The quantitative estimate of drug-likeness (QED) is 0.856. The van der Waals surface area contributed by atoms with Crippen molar-refractivity contribution >= 4 is 11.0 Å². The lowest BCUT2D eigenvalue weighted by Crippen LogP contribution is -2.22. The minimum absolute atomic E-state index is 0.231. The highest BCUT2D eigenvalue weighted by atomic mass is 16.5. The number of nitrogens with zero attached hydrogens (tertiary/aromatic N) is 3. The van der Waals surface area contributed by atoms with Gasteiger partial charge in [0, 0.05) is 7.11 Å². The van der Waals surface area contributed by atoms with Crippen LogP contribution in [0.3, 0.4) is 0 Å². The van der Waals surface area contributed by atoms with Crippen molar-refractivity contribution in [3.8, 4) is 6.07 Å². The summed E-state index contributed by atoms with van der Waals surface area (Å²) in [5.41, 5.74) is 1.77. The normalized spacial score (nSPS) is 12.5. The second-order valence-corrected chi connectivity index (χ2v) is 4.07. The van der Waals surface area contributed by atoms with E-state index in [1.807, 2.05) is 28.8 Å². The van der Waals surface area contributed by atoms with Crippen LogP contribution >= 0.6 is 0 Å². The molecule has 2 aromatic rings. The first-order valence-corrected chi connectivity index (χ1v) is 5.74. The van der Waals surface area contributed by atoms with Crippen LogP contribution < -0.4 is 0 Å². The third-order valence-corrected chi connectivity index (χ3v) is 2.72. The predicted molar refractivity (Wildman–Crippen MR) is 66.9 cm³/mol. The number of rotatable bonds is 5. The van der Waals surface area contributed by atoms with Gasteiger partial charge in [0.15, 0.2) is 0 Å². The number of ether oxygens (including phenoxy) is 1. The number of hydrogen-bond donors (Lipinski definition) is 1. The first-order chi connectivity index (χ1) is 8.76. The lowest BCUT2D eigenvalue weighted by atomic mass is 10.3. The van der Waals surface area contributed by atoms with Crippen LogP contribution in [0.15, 0.2) is 24.3 Å². The van der Waals surface area contributed by atoms with Gasteiger partial charge in [-0.1, -0.05) is 12.1 Å². The molecule has 1 N–H and O–H groups in total. The van der Waals surface area contributed by atoms with Gasteiger partial charge in [0.2, 0.25) is 0 Å². The van der Waals surface area contributed by atoms with Gasteiger partial charge in [-0.25, -0.2) is 4.98 Å². The Morgan fingerprint density at radius 2 is 2.28 bits per heavy atom. The molecule has 0 radical (unpaired) electrons. The van der Waals surface area contributed by atoms with Crippen molar-refractivity contribution in [2.24, 2.45) is 0 Å². The van der Waals surface area contributed by atoms with Gasteiger partial charge in [0.25, 0.3) is 0 Å². The lowest BCUT2D eigenvalue weighted by molar-refractivity contribution is 0.0539. The topological polar surface area (TPSA) is 71.1 Å². The van der Waals surface area contributed by atoms with Crippen LogP contribution in [-0.2, 0) is 17.7 Å². The van der Waals surface area contributed by atoms with Gasteiger partial charge < -0.3 is 14.4 Å². The summed E-state index contributed by atoms with van der Waals surface area (Å²) >= 11 is 0. The van der Waals surface area contributed by atoms with Gasteiger partial charge >= 0.3 is 0 Å². The minimum atomic E-state index is -0.606. The van der Waals surface area contributed by atoms with E-state index < -0.39 is 6.10 Å². The number of methoxy groups -OCH3 is 1. The highest BCUT2D eigenvalue weighted by molar-refractivity contribution is 5.76. The SMILES string of the molecule is COCC(O)Cn1c(CC#N)nc2ccccc21. The van der Waals surface area contributed by atoms with Gasteiger partial charge in [-0.05, 0) is 12.1 Å². The third-order valence-electron chi connectivity index (χ3n) is 2.72. The number of imidazole rings is 1. The molecule has 0 saturated heterocycles. The van der Waals surface area contributed by atoms with Crippen LogP contribution in [0, 0.1) is 11.3 Å². The maximum Gasteiger partial charge on any atom is 0.124 e. The summed E-state index contributed by atoms with van der Waals surface area (Å²) in [6.07, 6.45) is -0.376. The van der Waals surface area contributed by atoms with Gasteiger partial charge in [-0.2, -0.15) is 5.26 Å². The van der Waals surface area contributed by atoms with Crippen molar-refractivity contribution in [2.75, 3.05) is 13.7 Å². The van der Waals surface area contributed by atoms with Crippen LogP contribution in [0.4, 0.5) is 0 Å². The number of aromatic nitrogens is 2. The molecule has 0 saturated carbocycles. The average Bonchev–Trinajstić information content (AvgIpc) is 2.69. The lowest BCUT2D eigenvalue weighted by Gasteiger charge is -2.12. The van der Waals surface area contributed by atoms with Gasteiger partial charge in [0.1, 0.15) is 5.82 Å². The molecule has 0 aliphatic heterocycles. The molecule has 0 fully saturated rings. The largest absolute Gasteiger partial charge is 0.389 e. The smallest absolute Gasteiger partial charge is 0.124 e. The van der Waals surface area contributed by atoms with Gasteiger partial charge in [-0.15, -0.1) is 0 Å². The third kappa shape index (κ3) is 2.50. The molecular formula is C13H15N3O2.